The van der Waals surface area contributed by atoms with Crippen LogP contribution >= 0.6 is 50.9 Å². The number of benzene rings is 2. The van der Waals surface area contributed by atoms with Crippen LogP contribution in [-0.2, 0) is 19.1 Å². The Morgan fingerprint density at radius 3 is 2.64 bits per heavy atom. The number of amides is 2. The average molecular weight is 569 g/mol. The van der Waals surface area contributed by atoms with Gasteiger partial charge in [0.15, 0.2) is 0 Å². The Balaban J connectivity index is 1.88. The second kappa shape index (κ2) is 11.1. The Morgan fingerprint density at radius 1 is 1.24 bits per heavy atom. The number of nitrogens with zero attached hydrogens (tertiary/aromatic N) is 1. The molecular formula is C22H16BrCl2N3O4S. The molecule has 11 heteroatoms. The molecule has 0 bridgehead atoms. The molecule has 7 nitrogen and oxygen atoms in total. The van der Waals surface area contributed by atoms with Crippen LogP contribution in [0.1, 0.15) is 11.5 Å². The number of hydrogen-bond acceptors (Lipinski definition) is 6. The van der Waals surface area contributed by atoms with E-state index in [9.17, 15) is 19.6 Å². The molecular weight excluding hydrogens is 553 g/mol. The van der Waals surface area contributed by atoms with Gasteiger partial charge in [-0.25, -0.2) is 0 Å². The van der Waals surface area contributed by atoms with Crippen molar-refractivity contribution >= 4 is 74.4 Å². The fourth-order valence-corrected chi connectivity index (χ4v) is 4.85. The molecule has 1 aliphatic heterocycles. The van der Waals surface area contributed by atoms with Crippen molar-refractivity contribution in [2.75, 3.05) is 18.2 Å². The van der Waals surface area contributed by atoms with Gasteiger partial charge in [0.05, 0.1) is 39.6 Å². The largest absolute Gasteiger partial charge is 0.468 e. The normalized spacial score (nSPS) is 17.7. The van der Waals surface area contributed by atoms with Gasteiger partial charge in [-0.15, -0.1) is 0 Å². The second-order valence-electron chi connectivity index (χ2n) is 6.84. The summed E-state index contributed by atoms with van der Waals surface area (Å²) in [6.45, 7) is 0. The van der Waals surface area contributed by atoms with Crippen LogP contribution in [0, 0.1) is 17.2 Å². The Labute approximate surface area is 212 Å². The molecule has 2 N–H and O–H groups in total. The van der Waals surface area contributed by atoms with Crippen LogP contribution in [0.15, 0.2) is 57.5 Å². The van der Waals surface area contributed by atoms with E-state index in [1.807, 2.05) is 0 Å². The quantitative estimate of drug-likeness (QED) is 0.380. The summed E-state index contributed by atoms with van der Waals surface area (Å²) >= 11 is 16.2. The van der Waals surface area contributed by atoms with Gasteiger partial charge in [-0.1, -0.05) is 63.0 Å². The number of nitrogens with one attached hydrogen (secondary N) is 2. The van der Waals surface area contributed by atoms with Gasteiger partial charge in [0.1, 0.15) is 5.92 Å². The van der Waals surface area contributed by atoms with Crippen molar-refractivity contribution in [1.29, 1.82) is 5.26 Å². The maximum absolute atomic E-state index is 12.8. The van der Waals surface area contributed by atoms with E-state index in [0.717, 1.165) is 16.2 Å². The Hall–Kier alpha value is -2.51. The molecule has 2 aromatic carbocycles. The molecule has 0 unspecified atom stereocenters. The van der Waals surface area contributed by atoms with E-state index in [-0.39, 0.29) is 22.3 Å². The highest BCUT2D eigenvalue weighted by atomic mass is 79.9. The minimum atomic E-state index is -1.24. The van der Waals surface area contributed by atoms with Gasteiger partial charge in [0.25, 0.3) is 0 Å². The zero-order valence-corrected chi connectivity index (χ0v) is 20.9. The molecule has 0 spiro atoms. The highest BCUT2D eigenvalue weighted by molar-refractivity contribution is 9.10. The smallest absolute Gasteiger partial charge is 0.319 e. The van der Waals surface area contributed by atoms with Crippen LogP contribution in [0.2, 0.25) is 10.0 Å². The van der Waals surface area contributed by atoms with Gasteiger partial charge >= 0.3 is 5.97 Å². The number of halogens is 3. The van der Waals surface area contributed by atoms with Gasteiger partial charge in [0, 0.05) is 16.1 Å². The number of anilines is 1. The van der Waals surface area contributed by atoms with Crippen LogP contribution in [-0.4, -0.2) is 30.6 Å². The summed E-state index contributed by atoms with van der Waals surface area (Å²) in [5.41, 5.74) is 1.20. The lowest BCUT2D eigenvalue weighted by Gasteiger charge is -2.31. The maximum atomic E-state index is 12.8. The summed E-state index contributed by atoms with van der Waals surface area (Å²) in [4.78, 5) is 37.7. The number of hydrogen-bond donors (Lipinski definition) is 2. The van der Waals surface area contributed by atoms with E-state index in [1.165, 1.54) is 13.2 Å². The van der Waals surface area contributed by atoms with Crippen LogP contribution in [0.4, 0.5) is 5.69 Å². The molecule has 0 aliphatic carbocycles. The lowest BCUT2D eigenvalue weighted by Crippen LogP contribution is -2.44. The van der Waals surface area contributed by atoms with Crippen LogP contribution in [0.25, 0.3) is 0 Å². The number of thioether (sulfide) groups is 1. The first-order chi connectivity index (χ1) is 15.7. The summed E-state index contributed by atoms with van der Waals surface area (Å²) in [5.74, 6) is -3.96. The molecule has 170 valence electrons. The fraction of sp³-hybridized carbons (Fsp3) is 0.182. The average Bonchev–Trinajstić information content (AvgIpc) is 2.79. The molecule has 1 heterocycles. The second-order valence-corrected chi connectivity index (χ2v) is 9.56. The highest BCUT2D eigenvalue weighted by Gasteiger charge is 2.44. The number of esters is 1. The molecule has 0 aromatic heterocycles. The third kappa shape index (κ3) is 5.89. The first-order valence-corrected chi connectivity index (χ1v) is 11.9. The van der Waals surface area contributed by atoms with E-state index < -0.39 is 23.7 Å². The standard InChI is InChI=1S/C22H16BrCl2N3O4S/c1-32-22(31)19-18(11-3-2-4-12(23)7-11)14(9-26)21(28-20(19)30)33-10-17(29)27-13-5-6-15(24)16(25)8-13/h2-8,18-19H,10H2,1H3,(H,27,29)(H,28,30)/t18-,19+/m1/s1. The molecule has 0 radical (unpaired) electrons. The number of rotatable bonds is 6. The molecule has 0 saturated carbocycles. The van der Waals surface area contributed by atoms with Crippen molar-refractivity contribution in [2.45, 2.75) is 5.92 Å². The SMILES string of the molecule is COC(=O)[C@@H]1C(=O)NC(SCC(=O)Nc2ccc(Cl)c(Cl)c2)=C(C#N)[C@H]1c1cccc(Br)c1. The topological polar surface area (TPSA) is 108 Å². The fourth-order valence-electron chi connectivity index (χ4n) is 3.29. The molecule has 2 amide bonds. The van der Waals surface area contributed by atoms with Crippen molar-refractivity contribution in [1.82, 2.24) is 5.32 Å². The summed E-state index contributed by atoms with van der Waals surface area (Å²) in [5, 5.41) is 16.0. The summed E-state index contributed by atoms with van der Waals surface area (Å²) in [7, 11) is 1.18. The molecule has 0 fully saturated rings. The molecule has 2 atom stereocenters. The summed E-state index contributed by atoms with van der Waals surface area (Å²) < 4.78 is 5.54. The van der Waals surface area contributed by atoms with E-state index >= 15 is 0 Å². The highest BCUT2D eigenvalue weighted by Crippen LogP contribution is 2.40. The first-order valence-electron chi connectivity index (χ1n) is 9.41. The van der Waals surface area contributed by atoms with Crippen LogP contribution < -0.4 is 10.6 Å². The third-order valence-corrected chi connectivity index (χ3v) is 6.99. The molecule has 0 saturated heterocycles. The lowest BCUT2D eigenvalue weighted by atomic mass is 9.78. The van der Waals surface area contributed by atoms with Crippen molar-refractivity contribution in [2.24, 2.45) is 5.92 Å². The zero-order chi connectivity index (χ0) is 24.1. The van der Waals surface area contributed by atoms with E-state index in [1.54, 1.807) is 36.4 Å². The van der Waals surface area contributed by atoms with Crippen molar-refractivity contribution in [3.05, 3.63) is 73.1 Å². The third-order valence-electron chi connectivity index (χ3n) is 4.74. The Bertz CT molecular complexity index is 1200. The van der Waals surface area contributed by atoms with Gasteiger partial charge in [-0.05, 0) is 35.9 Å². The number of ether oxygens (including phenoxy) is 1. The van der Waals surface area contributed by atoms with Crippen LogP contribution in [0.3, 0.4) is 0 Å². The lowest BCUT2D eigenvalue weighted by molar-refractivity contribution is -0.150. The molecule has 33 heavy (non-hydrogen) atoms. The minimum Gasteiger partial charge on any atom is -0.468 e. The van der Waals surface area contributed by atoms with E-state index in [2.05, 4.69) is 32.6 Å². The Kier molecular flexibility index (Phi) is 8.43. The Morgan fingerprint density at radius 2 is 2.00 bits per heavy atom. The minimum absolute atomic E-state index is 0.102. The van der Waals surface area contributed by atoms with Crippen molar-refractivity contribution in [3.63, 3.8) is 0 Å². The van der Waals surface area contributed by atoms with Crippen LogP contribution in [0.5, 0.6) is 0 Å². The predicted molar refractivity (Wildman–Crippen MR) is 131 cm³/mol. The number of allylic oxidation sites excluding steroid dienone is 1. The molecule has 3 rings (SSSR count). The van der Waals surface area contributed by atoms with Gasteiger partial charge in [-0.2, -0.15) is 5.26 Å². The van der Waals surface area contributed by atoms with Gasteiger partial charge in [0.2, 0.25) is 11.8 Å². The predicted octanol–water partition coefficient (Wildman–Crippen LogP) is 4.87. The number of carbonyl (C=O) groups excluding carboxylic acids is 3. The van der Waals surface area contributed by atoms with E-state index in [0.29, 0.717) is 21.3 Å². The number of nitriles is 1. The monoisotopic (exact) mass is 567 g/mol. The first kappa shape index (κ1) is 25.1. The van der Waals surface area contributed by atoms with Crippen molar-refractivity contribution < 1.29 is 19.1 Å². The molecule has 2 aromatic rings. The van der Waals surface area contributed by atoms with Gasteiger partial charge in [-0.3, -0.25) is 14.4 Å². The molecule has 1 aliphatic rings. The summed E-state index contributed by atoms with van der Waals surface area (Å²) in [6, 6.07) is 13.8. The number of carbonyl (C=O) groups is 3. The maximum Gasteiger partial charge on any atom is 0.319 e. The van der Waals surface area contributed by atoms with Crippen molar-refractivity contribution in [3.8, 4) is 6.07 Å². The number of methoxy groups -OCH3 is 1. The zero-order valence-electron chi connectivity index (χ0n) is 17.0. The summed E-state index contributed by atoms with van der Waals surface area (Å²) in [6.07, 6.45) is 0. The van der Waals surface area contributed by atoms with Gasteiger partial charge < -0.3 is 15.4 Å². The van der Waals surface area contributed by atoms with E-state index in [4.69, 9.17) is 27.9 Å².